The van der Waals surface area contributed by atoms with Crippen LogP contribution in [0.2, 0.25) is 0 Å². The summed E-state index contributed by atoms with van der Waals surface area (Å²) in [5.74, 6) is 1.29. The van der Waals surface area contributed by atoms with Crippen molar-refractivity contribution in [3.63, 3.8) is 0 Å². The van der Waals surface area contributed by atoms with E-state index in [2.05, 4.69) is 46.7 Å². The summed E-state index contributed by atoms with van der Waals surface area (Å²) >= 11 is 3.33. The Kier molecular flexibility index (Phi) is 2.61. The zero-order valence-electron chi connectivity index (χ0n) is 8.35. The van der Waals surface area contributed by atoms with Crippen LogP contribution in [0.25, 0.3) is 0 Å². The van der Waals surface area contributed by atoms with Gasteiger partial charge in [-0.2, -0.15) is 0 Å². The lowest BCUT2D eigenvalue weighted by Crippen LogP contribution is -2.18. The maximum Gasteiger partial charge on any atom is 0.141 e. The second-order valence-corrected chi connectivity index (χ2v) is 4.87. The monoisotopic (exact) mass is 243 g/mol. The minimum absolute atomic E-state index is 0.0560. The molecule has 1 aromatic rings. The Balaban J connectivity index is 3.29. The van der Waals surface area contributed by atoms with Gasteiger partial charge < -0.3 is 5.73 Å². The fraction of sp³-hybridized carbons (Fsp3) is 0.556. The van der Waals surface area contributed by atoms with Gasteiger partial charge in [-0.3, -0.25) is 0 Å². The molecule has 1 rings (SSSR count). The van der Waals surface area contributed by atoms with E-state index in [9.17, 15) is 0 Å². The van der Waals surface area contributed by atoms with Crippen molar-refractivity contribution in [1.29, 1.82) is 0 Å². The van der Waals surface area contributed by atoms with Crippen LogP contribution in [0.1, 0.15) is 32.3 Å². The molecule has 4 heteroatoms. The van der Waals surface area contributed by atoms with Crippen LogP contribution in [0.15, 0.2) is 4.47 Å². The fourth-order valence-corrected chi connectivity index (χ4v) is 1.09. The third-order valence-electron chi connectivity index (χ3n) is 1.71. The summed E-state index contributed by atoms with van der Waals surface area (Å²) in [5.41, 5.74) is 6.55. The first-order valence-electron chi connectivity index (χ1n) is 4.12. The minimum atomic E-state index is -0.0560. The van der Waals surface area contributed by atoms with Gasteiger partial charge in [0, 0.05) is 5.41 Å². The van der Waals surface area contributed by atoms with Gasteiger partial charge in [0.1, 0.15) is 11.6 Å². The third kappa shape index (κ3) is 2.18. The summed E-state index contributed by atoms with van der Waals surface area (Å²) in [5, 5.41) is 0. The highest BCUT2D eigenvalue weighted by atomic mass is 79.9. The number of nitrogen functional groups attached to an aromatic ring is 1. The Morgan fingerprint density at radius 1 is 1.23 bits per heavy atom. The molecule has 72 valence electrons. The standard InChI is InChI=1S/C9H14BrN3/c1-5-6(10)7(11)13-8(12-5)9(2,3)4/h1-4H3,(H2,11,12,13). The number of hydrogen-bond acceptors (Lipinski definition) is 3. The Labute approximate surface area is 86.9 Å². The molecule has 13 heavy (non-hydrogen) atoms. The Hall–Kier alpha value is -0.640. The number of halogens is 1. The molecule has 1 aromatic heterocycles. The molecule has 0 spiro atoms. The molecule has 3 nitrogen and oxygen atoms in total. The molecular weight excluding hydrogens is 230 g/mol. The zero-order valence-corrected chi connectivity index (χ0v) is 9.94. The topological polar surface area (TPSA) is 51.8 Å². The first-order valence-corrected chi connectivity index (χ1v) is 4.92. The van der Waals surface area contributed by atoms with Crippen LogP contribution >= 0.6 is 15.9 Å². The fourth-order valence-electron chi connectivity index (χ4n) is 0.917. The number of hydrogen-bond donors (Lipinski definition) is 1. The molecule has 0 saturated heterocycles. The number of aromatic nitrogens is 2. The number of rotatable bonds is 0. The van der Waals surface area contributed by atoms with Crippen LogP contribution in [0, 0.1) is 6.92 Å². The Morgan fingerprint density at radius 3 is 2.15 bits per heavy atom. The molecule has 0 aromatic carbocycles. The maximum absolute atomic E-state index is 5.72. The molecule has 1 heterocycles. The van der Waals surface area contributed by atoms with Crippen molar-refractivity contribution in [3.05, 3.63) is 16.0 Å². The van der Waals surface area contributed by atoms with Crippen molar-refractivity contribution in [3.8, 4) is 0 Å². The van der Waals surface area contributed by atoms with Crippen molar-refractivity contribution in [2.45, 2.75) is 33.1 Å². The van der Waals surface area contributed by atoms with E-state index >= 15 is 0 Å². The lowest BCUT2D eigenvalue weighted by Gasteiger charge is -2.17. The molecule has 0 saturated carbocycles. The summed E-state index contributed by atoms with van der Waals surface area (Å²) in [6.45, 7) is 8.11. The van der Waals surface area contributed by atoms with Crippen molar-refractivity contribution in [2.75, 3.05) is 5.73 Å². The van der Waals surface area contributed by atoms with Crippen molar-refractivity contribution >= 4 is 21.7 Å². The lowest BCUT2D eigenvalue weighted by molar-refractivity contribution is 0.543. The van der Waals surface area contributed by atoms with E-state index in [0.29, 0.717) is 5.82 Å². The van der Waals surface area contributed by atoms with Gasteiger partial charge in [-0.15, -0.1) is 0 Å². The van der Waals surface area contributed by atoms with E-state index in [4.69, 9.17) is 5.73 Å². The van der Waals surface area contributed by atoms with Crippen molar-refractivity contribution in [2.24, 2.45) is 0 Å². The molecule has 0 bridgehead atoms. The van der Waals surface area contributed by atoms with Gasteiger partial charge in [0.05, 0.1) is 10.2 Å². The normalized spacial score (nSPS) is 11.8. The van der Waals surface area contributed by atoms with Gasteiger partial charge in [-0.25, -0.2) is 9.97 Å². The van der Waals surface area contributed by atoms with Crippen LogP contribution in [-0.4, -0.2) is 9.97 Å². The summed E-state index contributed by atoms with van der Waals surface area (Å²) in [4.78, 5) is 8.59. The maximum atomic E-state index is 5.72. The summed E-state index contributed by atoms with van der Waals surface area (Å²) in [6.07, 6.45) is 0. The van der Waals surface area contributed by atoms with Crippen LogP contribution in [0.5, 0.6) is 0 Å². The Morgan fingerprint density at radius 2 is 1.77 bits per heavy atom. The summed E-state index contributed by atoms with van der Waals surface area (Å²) < 4.78 is 0.792. The SMILES string of the molecule is Cc1nc(C(C)(C)C)nc(N)c1Br. The molecule has 2 N–H and O–H groups in total. The van der Waals surface area contributed by atoms with Gasteiger partial charge in [0.25, 0.3) is 0 Å². The summed E-state index contributed by atoms with van der Waals surface area (Å²) in [7, 11) is 0. The minimum Gasteiger partial charge on any atom is -0.383 e. The second-order valence-electron chi connectivity index (χ2n) is 4.08. The van der Waals surface area contributed by atoms with E-state index < -0.39 is 0 Å². The molecular formula is C9H14BrN3. The molecule has 0 radical (unpaired) electrons. The molecule has 0 unspecified atom stereocenters. The zero-order chi connectivity index (χ0) is 10.2. The number of nitrogens with two attached hydrogens (primary N) is 1. The summed E-state index contributed by atoms with van der Waals surface area (Å²) in [6, 6.07) is 0. The van der Waals surface area contributed by atoms with Gasteiger partial charge in [0.2, 0.25) is 0 Å². The van der Waals surface area contributed by atoms with E-state index in [1.54, 1.807) is 0 Å². The molecule has 0 aliphatic carbocycles. The first-order chi connectivity index (χ1) is 5.82. The van der Waals surface area contributed by atoms with Crippen LogP contribution in [0.3, 0.4) is 0 Å². The number of anilines is 1. The average molecular weight is 244 g/mol. The molecule has 0 fully saturated rings. The molecule has 0 aliphatic heterocycles. The van der Waals surface area contributed by atoms with Gasteiger partial charge in [-0.1, -0.05) is 20.8 Å². The molecule has 0 amide bonds. The highest BCUT2D eigenvalue weighted by molar-refractivity contribution is 9.10. The van der Waals surface area contributed by atoms with E-state index in [-0.39, 0.29) is 5.41 Å². The largest absolute Gasteiger partial charge is 0.383 e. The Bertz CT molecular complexity index is 305. The van der Waals surface area contributed by atoms with E-state index in [0.717, 1.165) is 16.0 Å². The quantitative estimate of drug-likeness (QED) is 0.762. The first kappa shape index (κ1) is 10.4. The molecule has 0 aliphatic rings. The van der Waals surface area contributed by atoms with Gasteiger partial charge >= 0.3 is 0 Å². The number of nitrogens with zero attached hydrogens (tertiary/aromatic N) is 2. The smallest absolute Gasteiger partial charge is 0.141 e. The van der Waals surface area contributed by atoms with Crippen LogP contribution in [0.4, 0.5) is 5.82 Å². The third-order valence-corrected chi connectivity index (χ3v) is 2.69. The number of aryl methyl sites for hydroxylation is 1. The van der Waals surface area contributed by atoms with E-state index in [1.165, 1.54) is 0 Å². The predicted molar refractivity (Wildman–Crippen MR) is 57.6 cm³/mol. The van der Waals surface area contributed by atoms with Crippen LogP contribution in [-0.2, 0) is 5.41 Å². The lowest BCUT2D eigenvalue weighted by atomic mass is 9.95. The van der Waals surface area contributed by atoms with Crippen LogP contribution < -0.4 is 5.73 Å². The highest BCUT2D eigenvalue weighted by Crippen LogP contribution is 2.25. The second kappa shape index (κ2) is 3.25. The highest BCUT2D eigenvalue weighted by Gasteiger charge is 2.19. The van der Waals surface area contributed by atoms with E-state index in [1.807, 2.05) is 6.92 Å². The van der Waals surface area contributed by atoms with Gasteiger partial charge in [0.15, 0.2) is 0 Å². The van der Waals surface area contributed by atoms with Crippen molar-refractivity contribution < 1.29 is 0 Å². The average Bonchev–Trinajstić information content (AvgIpc) is 1.97. The predicted octanol–water partition coefficient (Wildman–Crippen LogP) is 2.43. The van der Waals surface area contributed by atoms with Crippen molar-refractivity contribution in [1.82, 2.24) is 9.97 Å². The molecule has 0 atom stereocenters. The van der Waals surface area contributed by atoms with Gasteiger partial charge in [-0.05, 0) is 22.9 Å².